The van der Waals surface area contributed by atoms with Gasteiger partial charge in [0.2, 0.25) is 0 Å². The number of hydrogen-bond donors (Lipinski definition) is 1. The lowest BCUT2D eigenvalue weighted by molar-refractivity contribution is -0.123. The molecule has 1 amide bonds. The summed E-state index contributed by atoms with van der Waals surface area (Å²) in [6, 6.07) is 13.0. The number of rotatable bonds is 7. The zero-order valence-electron chi connectivity index (χ0n) is 13.6. The Kier molecular flexibility index (Phi) is 6.31. The summed E-state index contributed by atoms with van der Waals surface area (Å²) >= 11 is 0. The van der Waals surface area contributed by atoms with E-state index < -0.39 is 11.7 Å². The van der Waals surface area contributed by atoms with E-state index in [1.165, 1.54) is 18.2 Å². The van der Waals surface area contributed by atoms with Gasteiger partial charge >= 0.3 is 0 Å². The van der Waals surface area contributed by atoms with Gasteiger partial charge in [-0.15, -0.1) is 0 Å². The lowest BCUT2D eigenvalue weighted by Gasteiger charge is -2.07. The average Bonchev–Trinajstić information content (AvgIpc) is 2.61. The first-order valence-electron chi connectivity index (χ1n) is 7.50. The topological polar surface area (TPSA) is 59.9 Å². The maximum atomic E-state index is 13.0. The molecule has 6 heteroatoms. The Hall–Kier alpha value is -2.89. The molecule has 0 radical (unpaired) electrons. The first-order chi connectivity index (χ1) is 11.6. The third-order valence-electron chi connectivity index (χ3n) is 3.24. The van der Waals surface area contributed by atoms with E-state index in [0.717, 1.165) is 17.0 Å². The first-order valence-corrected chi connectivity index (χ1v) is 7.50. The molecule has 0 aromatic heterocycles. The standard InChI is InChI=1S/C18H19FN2O3/c1-3-17(13-7-9-15(23-2)10-8-13)20-21-18(22)12-24-16-6-4-5-14(19)11-16/h4-11H,3,12H2,1-2H3,(H,21,22)/b20-17-. The lowest BCUT2D eigenvalue weighted by Crippen LogP contribution is -2.26. The quantitative estimate of drug-likeness (QED) is 0.627. The molecule has 0 saturated heterocycles. The largest absolute Gasteiger partial charge is 0.497 e. The number of amides is 1. The average molecular weight is 330 g/mol. The molecule has 126 valence electrons. The van der Waals surface area contributed by atoms with Gasteiger partial charge in [0.15, 0.2) is 6.61 Å². The van der Waals surface area contributed by atoms with E-state index in [0.29, 0.717) is 12.2 Å². The van der Waals surface area contributed by atoms with Gasteiger partial charge in [0.1, 0.15) is 17.3 Å². The summed E-state index contributed by atoms with van der Waals surface area (Å²) in [6.07, 6.45) is 0.650. The number of nitrogens with zero attached hydrogens (tertiary/aromatic N) is 1. The van der Waals surface area contributed by atoms with Crippen LogP contribution in [0.1, 0.15) is 18.9 Å². The van der Waals surface area contributed by atoms with E-state index in [1.54, 1.807) is 13.2 Å². The highest BCUT2D eigenvalue weighted by molar-refractivity contribution is 6.01. The molecular formula is C18H19FN2O3. The molecule has 0 bridgehead atoms. The van der Waals surface area contributed by atoms with Gasteiger partial charge < -0.3 is 9.47 Å². The Labute approximate surface area is 140 Å². The molecule has 5 nitrogen and oxygen atoms in total. The number of methoxy groups -OCH3 is 1. The third-order valence-corrected chi connectivity index (χ3v) is 3.24. The number of hydrazone groups is 1. The number of benzene rings is 2. The minimum absolute atomic E-state index is 0.243. The van der Waals surface area contributed by atoms with Crippen LogP contribution in [0.25, 0.3) is 0 Å². The zero-order valence-corrected chi connectivity index (χ0v) is 13.6. The smallest absolute Gasteiger partial charge is 0.277 e. The van der Waals surface area contributed by atoms with Crippen molar-refractivity contribution in [3.8, 4) is 11.5 Å². The second kappa shape index (κ2) is 8.67. The number of halogens is 1. The van der Waals surface area contributed by atoms with Gasteiger partial charge in [-0.2, -0.15) is 5.10 Å². The van der Waals surface area contributed by atoms with Crippen LogP contribution >= 0.6 is 0 Å². The molecule has 2 aromatic carbocycles. The van der Waals surface area contributed by atoms with Gasteiger partial charge in [0.05, 0.1) is 12.8 Å². The molecule has 0 aliphatic rings. The summed E-state index contributed by atoms with van der Waals surface area (Å²) in [5.74, 6) is 0.208. The normalized spacial score (nSPS) is 11.0. The monoisotopic (exact) mass is 330 g/mol. The van der Waals surface area contributed by atoms with Gasteiger partial charge in [0.25, 0.3) is 5.91 Å². The van der Waals surface area contributed by atoms with Crippen LogP contribution in [0.15, 0.2) is 53.6 Å². The van der Waals surface area contributed by atoms with Crippen LogP contribution in [-0.2, 0) is 4.79 Å². The minimum Gasteiger partial charge on any atom is -0.497 e. The summed E-state index contributed by atoms with van der Waals surface area (Å²) in [6.45, 7) is 1.70. The summed E-state index contributed by atoms with van der Waals surface area (Å²) in [5, 5.41) is 4.12. The fraction of sp³-hybridized carbons (Fsp3) is 0.222. The van der Waals surface area contributed by atoms with Crippen LogP contribution in [-0.4, -0.2) is 25.3 Å². The van der Waals surface area contributed by atoms with Gasteiger partial charge in [-0.05, 0) is 48.4 Å². The molecule has 0 heterocycles. The van der Waals surface area contributed by atoms with Crippen molar-refractivity contribution in [2.24, 2.45) is 5.10 Å². The van der Waals surface area contributed by atoms with Gasteiger partial charge in [-0.1, -0.05) is 13.0 Å². The number of hydrogen-bond acceptors (Lipinski definition) is 4. The van der Waals surface area contributed by atoms with Crippen molar-refractivity contribution in [3.05, 3.63) is 59.9 Å². The molecule has 24 heavy (non-hydrogen) atoms. The number of nitrogens with one attached hydrogen (secondary N) is 1. The minimum atomic E-state index is -0.418. The van der Waals surface area contributed by atoms with Crippen LogP contribution in [0.2, 0.25) is 0 Å². The zero-order chi connectivity index (χ0) is 17.4. The highest BCUT2D eigenvalue weighted by Gasteiger charge is 2.05. The molecule has 0 fully saturated rings. The van der Waals surface area contributed by atoms with E-state index in [4.69, 9.17) is 9.47 Å². The molecule has 0 atom stereocenters. The molecule has 0 saturated carbocycles. The molecular weight excluding hydrogens is 311 g/mol. The number of ether oxygens (including phenoxy) is 2. The third kappa shape index (κ3) is 5.08. The van der Waals surface area contributed by atoms with Crippen molar-refractivity contribution < 1.29 is 18.7 Å². The van der Waals surface area contributed by atoms with Crippen molar-refractivity contribution in [2.75, 3.05) is 13.7 Å². The number of carbonyl (C=O) groups excluding carboxylic acids is 1. The van der Waals surface area contributed by atoms with Crippen molar-refractivity contribution in [1.29, 1.82) is 0 Å². The Bertz CT molecular complexity index is 714. The van der Waals surface area contributed by atoms with E-state index >= 15 is 0 Å². The van der Waals surface area contributed by atoms with Gasteiger partial charge in [-0.3, -0.25) is 4.79 Å². The fourth-order valence-electron chi connectivity index (χ4n) is 2.00. The van der Waals surface area contributed by atoms with Crippen molar-refractivity contribution >= 4 is 11.6 Å². The SMILES string of the molecule is CC/C(=N/NC(=O)COc1cccc(F)c1)c1ccc(OC)cc1. The Morgan fingerprint density at radius 2 is 1.92 bits per heavy atom. The van der Waals surface area contributed by atoms with Crippen LogP contribution < -0.4 is 14.9 Å². The highest BCUT2D eigenvalue weighted by Crippen LogP contribution is 2.13. The van der Waals surface area contributed by atoms with Crippen molar-refractivity contribution in [3.63, 3.8) is 0 Å². The van der Waals surface area contributed by atoms with E-state index in [2.05, 4.69) is 10.5 Å². The Morgan fingerprint density at radius 1 is 1.17 bits per heavy atom. The second-order valence-corrected chi connectivity index (χ2v) is 4.92. The van der Waals surface area contributed by atoms with Gasteiger partial charge in [-0.25, -0.2) is 9.82 Å². The summed E-state index contributed by atoms with van der Waals surface area (Å²) in [7, 11) is 1.60. The predicted octanol–water partition coefficient (Wildman–Crippen LogP) is 3.14. The molecule has 2 aromatic rings. The Morgan fingerprint density at radius 3 is 2.54 bits per heavy atom. The summed E-state index contributed by atoms with van der Waals surface area (Å²) < 4.78 is 23.3. The van der Waals surface area contributed by atoms with Crippen LogP contribution in [0.5, 0.6) is 11.5 Å². The van der Waals surface area contributed by atoms with E-state index in [1.807, 2.05) is 31.2 Å². The van der Waals surface area contributed by atoms with Crippen molar-refractivity contribution in [1.82, 2.24) is 5.43 Å². The molecule has 0 spiro atoms. The number of carbonyl (C=O) groups is 1. The molecule has 2 rings (SSSR count). The van der Waals surface area contributed by atoms with Gasteiger partial charge in [0, 0.05) is 6.07 Å². The first kappa shape index (κ1) is 17.5. The van der Waals surface area contributed by atoms with Crippen LogP contribution in [0.4, 0.5) is 4.39 Å². The summed E-state index contributed by atoms with van der Waals surface area (Å²) in [5.41, 5.74) is 4.07. The fourth-order valence-corrected chi connectivity index (χ4v) is 2.00. The molecule has 0 aliphatic heterocycles. The highest BCUT2D eigenvalue weighted by atomic mass is 19.1. The maximum absolute atomic E-state index is 13.0. The molecule has 1 N–H and O–H groups in total. The second-order valence-electron chi connectivity index (χ2n) is 4.92. The predicted molar refractivity (Wildman–Crippen MR) is 89.9 cm³/mol. The van der Waals surface area contributed by atoms with Crippen LogP contribution in [0.3, 0.4) is 0 Å². The van der Waals surface area contributed by atoms with E-state index in [9.17, 15) is 9.18 Å². The Balaban J connectivity index is 1.92. The van der Waals surface area contributed by atoms with Crippen LogP contribution in [0, 0.1) is 5.82 Å². The maximum Gasteiger partial charge on any atom is 0.277 e. The van der Waals surface area contributed by atoms with E-state index in [-0.39, 0.29) is 6.61 Å². The van der Waals surface area contributed by atoms with Crippen molar-refractivity contribution in [2.45, 2.75) is 13.3 Å². The summed E-state index contributed by atoms with van der Waals surface area (Å²) in [4.78, 5) is 11.8. The molecule has 0 aliphatic carbocycles. The lowest BCUT2D eigenvalue weighted by atomic mass is 10.1. The molecule has 0 unspecified atom stereocenters.